The van der Waals surface area contributed by atoms with Gasteiger partial charge in [-0.2, -0.15) is 0 Å². The molecular formula is C9H6N2S2. The van der Waals surface area contributed by atoms with Crippen LogP contribution in [0.4, 0.5) is 0 Å². The van der Waals surface area contributed by atoms with E-state index in [1.165, 1.54) is 15.1 Å². The Bertz CT molecular complexity index is 505. The fourth-order valence-electron chi connectivity index (χ4n) is 1.42. The van der Waals surface area contributed by atoms with E-state index in [1.807, 2.05) is 17.9 Å². The first-order valence-electron chi connectivity index (χ1n) is 3.98. The smallest absolute Gasteiger partial charge is 0.135 e. The Morgan fingerprint density at radius 2 is 2.38 bits per heavy atom. The maximum atomic E-state index is 4.31. The van der Waals surface area contributed by atoms with Gasteiger partial charge in [0, 0.05) is 29.3 Å². The van der Waals surface area contributed by atoms with Crippen LogP contribution in [0.25, 0.3) is 15.6 Å². The van der Waals surface area contributed by atoms with Crippen molar-refractivity contribution in [3.05, 3.63) is 22.2 Å². The summed E-state index contributed by atoms with van der Waals surface area (Å²) < 4.78 is 1.31. The molecule has 0 N–H and O–H groups in total. The largest absolute Gasteiger partial charge is 0.269 e. The number of aliphatic imine (C=N–C) groups is 1. The minimum Gasteiger partial charge on any atom is -0.269 e. The summed E-state index contributed by atoms with van der Waals surface area (Å²) in [4.78, 5) is 11.0. The van der Waals surface area contributed by atoms with Crippen molar-refractivity contribution >= 4 is 44.5 Å². The summed E-state index contributed by atoms with van der Waals surface area (Å²) in [5, 5.41) is 0. The van der Waals surface area contributed by atoms with Crippen LogP contribution in [-0.4, -0.2) is 11.2 Å². The standard InChI is InChI=1S/C9H6N2S2/c1-3-10-4-2-7-6(1)8-9(13-7)11-5-12-8/h1,3-5H,2H2. The third-order valence-electron chi connectivity index (χ3n) is 2.01. The number of aromatic nitrogens is 1. The Morgan fingerprint density at radius 1 is 1.38 bits per heavy atom. The molecule has 4 heteroatoms. The van der Waals surface area contributed by atoms with Gasteiger partial charge in [-0.15, -0.1) is 22.7 Å². The summed E-state index contributed by atoms with van der Waals surface area (Å²) >= 11 is 3.49. The molecule has 3 rings (SSSR count). The lowest BCUT2D eigenvalue weighted by molar-refractivity contribution is 1.45. The zero-order valence-electron chi connectivity index (χ0n) is 6.73. The lowest BCUT2D eigenvalue weighted by Crippen LogP contribution is -1.80. The molecular weight excluding hydrogens is 200 g/mol. The summed E-state index contributed by atoms with van der Waals surface area (Å²) in [6.07, 6.45) is 6.83. The van der Waals surface area contributed by atoms with E-state index in [4.69, 9.17) is 0 Å². The van der Waals surface area contributed by atoms with Crippen LogP contribution in [-0.2, 0) is 6.42 Å². The Labute approximate surface area is 83.3 Å². The van der Waals surface area contributed by atoms with Crippen LogP contribution in [0.2, 0.25) is 0 Å². The van der Waals surface area contributed by atoms with Gasteiger partial charge in [0.05, 0.1) is 10.2 Å². The number of thiophene rings is 1. The van der Waals surface area contributed by atoms with E-state index in [-0.39, 0.29) is 0 Å². The van der Waals surface area contributed by atoms with E-state index in [0.29, 0.717) is 0 Å². The SMILES string of the molecule is C1=Cc2c(sc3ncsc23)CC=N1. The molecule has 0 saturated carbocycles. The molecule has 0 atom stereocenters. The minimum absolute atomic E-state index is 0.941. The van der Waals surface area contributed by atoms with Crippen LogP contribution in [0.15, 0.2) is 16.7 Å². The van der Waals surface area contributed by atoms with Crippen LogP contribution in [0, 0.1) is 0 Å². The first kappa shape index (κ1) is 7.41. The predicted octanol–water partition coefficient (Wildman–Crippen LogP) is 2.96. The number of fused-ring (bicyclic) bond motifs is 3. The first-order chi connectivity index (χ1) is 6.45. The molecule has 0 aliphatic carbocycles. The second-order valence-corrected chi connectivity index (χ2v) is 4.72. The number of thiazole rings is 1. The molecule has 0 fully saturated rings. The van der Waals surface area contributed by atoms with E-state index in [2.05, 4.69) is 16.1 Å². The quantitative estimate of drug-likeness (QED) is 0.650. The van der Waals surface area contributed by atoms with Crippen molar-refractivity contribution in [1.82, 2.24) is 4.98 Å². The van der Waals surface area contributed by atoms with Crippen LogP contribution < -0.4 is 0 Å². The highest BCUT2D eigenvalue weighted by molar-refractivity contribution is 7.26. The summed E-state index contributed by atoms with van der Waals surface area (Å²) in [5.41, 5.74) is 3.22. The van der Waals surface area contributed by atoms with E-state index < -0.39 is 0 Å². The molecule has 1 aliphatic heterocycles. The summed E-state index contributed by atoms with van der Waals surface area (Å²) in [6, 6.07) is 0. The van der Waals surface area contributed by atoms with Crippen LogP contribution in [0.3, 0.4) is 0 Å². The lowest BCUT2D eigenvalue weighted by Gasteiger charge is -1.89. The fourth-order valence-corrected chi connectivity index (χ4v) is 3.54. The summed E-state index contributed by atoms with van der Waals surface area (Å²) in [7, 11) is 0. The normalized spacial score (nSPS) is 14.8. The molecule has 0 unspecified atom stereocenters. The number of rotatable bonds is 0. The van der Waals surface area contributed by atoms with Crippen molar-refractivity contribution < 1.29 is 0 Å². The second-order valence-electron chi connectivity index (χ2n) is 2.78. The van der Waals surface area contributed by atoms with E-state index in [1.54, 1.807) is 22.7 Å². The van der Waals surface area contributed by atoms with Gasteiger partial charge in [-0.05, 0) is 6.08 Å². The molecule has 1 aliphatic rings. The first-order valence-corrected chi connectivity index (χ1v) is 5.68. The molecule has 2 nitrogen and oxygen atoms in total. The van der Waals surface area contributed by atoms with Crippen molar-refractivity contribution in [2.75, 3.05) is 0 Å². The Kier molecular flexibility index (Phi) is 1.57. The number of nitrogens with zero attached hydrogens (tertiary/aromatic N) is 2. The zero-order valence-corrected chi connectivity index (χ0v) is 8.36. The monoisotopic (exact) mass is 206 g/mol. The lowest BCUT2D eigenvalue weighted by atomic mass is 10.2. The third kappa shape index (κ3) is 1.06. The van der Waals surface area contributed by atoms with Gasteiger partial charge in [-0.1, -0.05) is 0 Å². The highest BCUT2D eigenvalue weighted by atomic mass is 32.1. The van der Waals surface area contributed by atoms with Crippen LogP contribution >= 0.6 is 22.7 Å². The van der Waals surface area contributed by atoms with Gasteiger partial charge < -0.3 is 0 Å². The molecule has 0 spiro atoms. The molecule has 0 amide bonds. The van der Waals surface area contributed by atoms with Crippen LogP contribution in [0.1, 0.15) is 10.4 Å². The molecule has 2 aromatic rings. The second kappa shape index (κ2) is 2.75. The molecule has 3 heterocycles. The van der Waals surface area contributed by atoms with Crippen molar-refractivity contribution in [2.45, 2.75) is 6.42 Å². The Hall–Kier alpha value is -1.00. The fraction of sp³-hybridized carbons (Fsp3) is 0.111. The van der Waals surface area contributed by atoms with Gasteiger partial charge in [0.2, 0.25) is 0 Å². The van der Waals surface area contributed by atoms with E-state index in [0.717, 1.165) is 11.3 Å². The number of hydrogen-bond donors (Lipinski definition) is 0. The summed E-state index contributed by atoms with van der Waals surface area (Å²) in [6.45, 7) is 0. The molecule has 64 valence electrons. The number of hydrogen-bond acceptors (Lipinski definition) is 4. The average Bonchev–Trinajstić information content (AvgIpc) is 2.61. The maximum Gasteiger partial charge on any atom is 0.135 e. The van der Waals surface area contributed by atoms with Crippen LogP contribution in [0.5, 0.6) is 0 Å². The topological polar surface area (TPSA) is 25.2 Å². The highest BCUT2D eigenvalue weighted by Gasteiger charge is 2.11. The van der Waals surface area contributed by atoms with Crippen molar-refractivity contribution in [3.63, 3.8) is 0 Å². The molecule has 0 radical (unpaired) electrons. The zero-order chi connectivity index (χ0) is 8.67. The molecule has 13 heavy (non-hydrogen) atoms. The third-order valence-corrected chi connectivity index (χ3v) is 4.13. The van der Waals surface area contributed by atoms with E-state index >= 15 is 0 Å². The Morgan fingerprint density at radius 3 is 3.38 bits per heavy atom. The summed E-state index contributed by atoms with van der Waals surface area (Å²) in [5.74, 6) is 0. The molecule has 2 aromatic heterocycles. The average molecular weight is 206 g/mol. The maximum absolute atomic E-state index is 4.31. The van der Waals surface area contributed by atoms with Crippen molar-refractivity contribution in [2.24, 2.45) is 4.99 Å². The van der Waals surface area contributed by atoms with Gasteiger partial charge in [0.15, 0.2) is 0 Å². The van der Waals surface area contributed by atoms with E-state index in [9.17, 15) is 0 Å². The molecule has 0 bridgehead atoms. The molecule has 0 saturated heterocycles. The van der Waals surface area contributed by atoms with Gasteiger partial charge in [0.25, 0.3) is 0 Å². The van der Waals surface area contributed by atoms with Gasteiger partial charge in [-0.25, -0.2) is 4.98 Å². The molecule has 0 aromatic carbocycles. The van der Waals surface area contributed by atoms with Crippen molar-refractivity contribution in [3.8, 4) is 0 Å². The van der Waals surface area contributed by atoms with Crippen molar-refractivity contribution in [1.29, 1.82) is 0 Å². The van der Waals surface area contributed by atoms with Gasteiger partial charge >= 0.3 is 0 Å². The van der Waals surface area contributed by atoms with Gasteiger partial charge in [-0.3, -0.25) is 4.99 Å². The predicted molar refractivity (Wildman–Crippen MR) is 58.7 cm³/mol. The highest BCUT2D eigenvalue weighted by Crippen LogP contribution is 2.34. The van der Waals surface area contributed by atoms with Gasteiger partial charge in [0.1, 0.15) is 4.83 Å². The minimum atomic E-state index is 0.941. The Balaban J connectivity index is 2.36.